The Hall–Kier alpha value is -0.770. The first-order chi connectivity index (χ1) is 5.15. The molecule has 4 heteroatoms. The summed E-state index contributed by atoms with van der Waals surface area (Å²) in [6, 6.07) is 0.0119. The maximum atomic E-state index is 11.2. The number of urea groups is 1. The molecule has 1 N–H and O–H groups in total. The molecule has 0 saturated carbocycles. The Morgan fingerprint density at radius 1 is 1.73 bits per heavy atom. The zero-order valence-corrected chi connectivity index (χ0v) is 6.95. The second kappa shape index (κ2) is 3.09. The van der Waals surface area contributed by atoms with Crippen LogP contribution >= 0.6 is 0 Å². The Kier molecular flexibility index (Phi) is 2.34. The maximum Gasteiger partial charge on any atom is 0.319 e. The van der Waals surface area contributed by atoms with Crippen molar-refractivity contribution in [2.45, 2.75) is 13.0 Å². The summed E-state index contributed by atoms with van der Waals surface area (Å²) in [5.41, 5.74) is 0. The fraction of sp³-hybridized carbons (Fsp3) is 0.857. The van der Waals surface area contributed by atoms with Gasteiger partial charge in [0.1, 0.15) is 0 Å². The molecule has 4 nitrogen and oxygen atoms in total. The molecule has 1 aliphatic rings. The van der Waals surface area contributed by atoms with Gasteiger partial charge in [-0.05, 0) is 6.92 Å². The first-order valence-electron chi connectivity index (χ1n) is 3.83. The average Bonchev–Trinajstić information content (AvgIpc) is 1.96. The molecule has 0 aromatic heterocycles. The van der Waals surface area contributed by atoms with Gasteiger partial charge in [0, 0.05) is 13.6 Å². The van der Waals surface area contributed by atoms with Crippen LogP contribution in [0.15, 0.2) is 0 Å². The number of rotatable bonds is 1. The van der Waals surface area contributed by atoms with E-state index in [1.54, 1.807) is 16.8 Å². The number of carbonyl (C=O) groups is 1. The normalized spacial score (nSPS) is 17.9. The quantitative estimate of drug-likeness (QED) is 0.571. The SMILES string of the molecule is CCN(C)C(=O)N1CC(O)C1. The lowest BCUT2D eigenvalue weighted by Crippen LogP contribution is -2.56. The fourth-order valence-corrected chi connectivity index (χ4v) is 0.988. The molecule has 0 radical (unpaired) electrons. The number of carbonyl (C=O) groups excluding carboxylic acids is 1. The number of hydrogen-bond acceptors (Lipinski definition) is 2. The van der Waals surface area contributed by atoms with Crippen molar-refractivity contribution in [3.8, 4) is 0 Å². The number of amides is 2. The largest absolute Gasteiger partial charge is 0.389 e. The van der Waals surface area contributed by atoms with Crippen molar-refractivity contribution in [3.63, 3.8) is 0 Å². The molecule has 0 atom stereocenters. The highest BCUT2D eigenvalue weighted by molar-refractivity contribution is 5.75. The van der Waals surface area contributed by atoms with Crippen LogP contribution in [-0.4, -0.2) is 53.7 Å². The van der Waals surface area contributed by atoms with Crippen LogP contribution in [0.1, 0.15) is 6.92 Å². The van der Waals surface area contributed by atoms with Gasteiger partial charge in [-0.3, -0.25) is 0 Å². The van der Waals surface area contributed by atoms with Crippen molar-refractivity contribution in [2.24, 2.45) is 0 Å². The third-order valence-electron chi connectivity index (χ3n) is 1.93. The summed E-state index contributed by atoms with van der Waals surface area (Å²) in [5.74, 6) is 0. The predicted octanol–water partition coefficient (Wildman–Crippen LogP) is -0.265. The van der Waals surface area contributed by atoms with E-state index < -0.39 is 0 Å². The summed E-state index contributed by atoms with van der Waals surface area (Å²) >= 11 is 0. The molecule has 2 amide bonds. The molecule has 0 aromatic rings. The third-order valence-corrected chi connectivity index (χ3v) is 1.93. The standard InChI is InChI=1S/C7H14N2O2/c1-3-8(2)7(11)9-4-6(10)5-9/h6,10H,3-5H2,1-2H3. The minimum atomic E-state index is -0.302. The smallest absolute Gasteiger partial charge is 0.319 e. The predicted molar refractivity (Wildman–Crippen MR) is 41.3 cm³/mol. The van der Waals surface area contributed by atoms with Crippen LogP contribution in [0.2, 0.25) is 0 Å². The molecule has 11 heavy (non-hydrogen) atoms. The number of likely N-dealkylation sites (tertiary alicyclic amines) is 1. The summed E-state index contributed by atoms with van der Waals surface area (Å²) < 4.78 is 0. The summed E-state index contributed by atoms with van der Waals surface area (Å²) in [7, 11) is 1.76. The molecule has 0 aliphatic carbocycles. The van der Waals surface area contributed by atoms with Crippen LogP contribution in [-0.2, 0) is 0 Å². The minimum Gasteiger partial charge on any atom is -0.389 e. The van der Waals surface area contributed by atoms with Gasteiger partial charge in [0.15, 0.2) is 0 Å². The molecule has 1 aliphatic heterocycles. The fourth-order valence-electron chi connectivity index (χ4n) is 0.988. The monoisotopic (exact) mass is 158 g/mol. The van der Waals surface area contributed by atoms with Gasteiger partial charge < -0.3 is 14.9 Å². The van der Waals surface area contributed by atoms with Gasteiger partial charge in [0.2, 0.25) is 0 Å². The van der Waals surface area contributed by atoms with E-state index in [2.05, 4.69) is 0 Å². The highest BCUT2D eigenvalue weighted by atomic mass is 16.3. The van der Waals surface area contributed by atoms with E-state index in [0.717, 1.165) is 0 Å². The van der Waals surface area contributed by atoms with E-state index in [-0.39, 0.29) is 12.1 Å². The summed E-state index contributed by atoms with van der Waals surface area (Å²) in [5, 5.41) is 8.91. The lowest BCUT2D eigenvalue weighted by atomic mass is 10.2. The second-order valence-corrected chi connectivity index (χ2v) is 2.86. The van der Waals surface area contributed by atoms with Crippen LogP contribution in [0.25, 0.3) is 0 Å². The van der Waals surface area contributed by atoms with E-state index in [4.69, 9.17) is 5.11 Å². The number of hydrogen-bond donors (Lipinski definition) is 1. The van der Waals surface area contributed by atoms with Crippen LogP contribution in [0, 0.1) is 0 Å². The molecule has 1 fully saturated rings. The topological polar surface area (TPSA) is 43.8 Å². The Morgan fingerprint density at radius 2 is 2.27 bits per heavy atom. The van der Waals surface area contributed by atoms with Crippen molar-refractivity contribution in [1.29, 1.82) is 0 Å². The number of aliphatic hydroxyl groups excluding tert-OH is 1. The van der Waals surface area contributed by atoms with Gasteiger partial charge in [0.05, 0.1) is 19.2 Å². The van der Waals surface area contributed by atoms with Gasteiger partial charge in [-0.2, -0.15) is 0 Å². The molecular formula is C7H14N2O2. The van der Waals surface area contributed by atoms with Gasteiger partial charge in [-0.15, -0.1) is 0 Å². The molecule has 1 rings (SSSR count). The van der Waals surface area contributed by atoms with E-state index >= 15 is 0 Å². The summed E-state index contributed by atoms with van der Waals surface area (Å²) in [4.78, 5) is 14.5. The van der Waals surface area contributed by atoms with Crippen molar-refractivity contribution in [1.82, 2.24) is 9.80 Å². The molecule has 0 spiro atoms. The number of β-amino-alcohol motifs (C(OH)–C–C–N with tert-alkyl or cyclic N) is 1. The van der Waals surface area contributed by atoms with Crippen LogP contribution in [0.3, 0.4) is 0 Å². The maximum absolute atomic E-state index is 11.2. The lowest BCUT2D eigenvalue weighted by Gasteiger charge is -2.38. The molecule has 64 valence electrons. The third kappa shape index (κ3) is 1.63. The molecule has 0 unspecified atom stereocenters. The van der Waals surface area contributed by atoms with E-state index in [0.29, 0.717) is 19.6 Å². The van der Waals surface area contributed by atoms with E-state index in [1.165, 1.54) is 0 Å². The zero-order chi connectivity index (χ0) is 8.43. The first kappa shape index (κ1) is 8.33. The Labute approximate surface area is 66.4 Å². The number of nitrogens with zero attached hydrogens (tertiary/aromatic N) is 2. The molecule has 1 saturated heterocycles. The zero-order valence-electron chi connectivity index (χ0n) is 6.95. The molecular weight excluding hydrogens is 144 g/mol. The Morgan fingerprint density at radius 3 is 2.64 bits per heavy atom. The molecule has 0 aromatic carbocycles. The highest BCUT2D eigenvalue weighted by Crippen LogP contribution is 2.09. The van der Waals surface area contributed by atoms with Crippen molar-refractivity contribution in [3.05, 3.63) is 0 Å². The van der Waals surface area contributed by atoms with Crippen molar-refractivity contribution >= 4 is 6.03 Å². The van der Waals surface area contributed by atoms with Crippen LogP contribution in [0.5, 0.6) is 0 Å². The first-order valence-corrected chi connectivity index (χ1v) is 3.83. The minimum absolute atomic E-state index is 0.0119. The number of aliphatic hydroxyl groups is 1. The Bertz CT molecular complexity index is 155. The summed E-state index contributed by atoms with van der Waals surface area (Å²) in [6.45, 7) is 3.62. The molecule has 0 bridgehead atoms. The lowest BCUT2D eigenvalue weighted by molar-refractivity contribution is 0.0175. The average molecular weight is 158 g/mol. The summed E-state index contributed by atoms with van der Waals surface area (Å²) in [6.07, 6.45) is -0.302. The van der Waals surface area contributed by atoms with E-state index in [9.17, 15) is 4.79 Å². The van der Waals surface area contributed by atoms with E-state index in [1.807, 2.05) is 6.92 Å². The van der Waals surface area contributed by atoms with Gasteiger partial charge >= 0.3 is 6.03 Å². The van der Waals surface area contributed by atoms with Crippen molar-refractivity contribution < 1.29 is 9.90 Å². The second-order valence-electron chi connectivity index (χ2n) is 2.86. The van der Waals surface area contributed by atoms with Crippen LogP contribution < -0.4 is 0 Å². The molecule has 1 heterocycles. The van der Waals surface area contributed by atoms with Gasteiger partial charge in [0.25, 0.3) is 0 Å². The van der Waals surface area contributed by atoms with Crippen molar-refractivity contribution in [2.75, 3.05) is 26.7 Å². The van der Waals surface area contributed by atoms with Crippen LogP contribution in [0.4, 0.5) is 4.79 Å². The Balaban J connectivity index is 2.31. The van der Waals surface area contributed by atoms with Gasteiger partial charge in [-0.1, -0.05) is 0 Å². The highest BCUT2D eigenvalue weighted by Gasteiger charge is 2.29. The van der Waals surface area contributed by atoms with Gasteiger partial charge in [-0.25, -0.2) is 4.79 Å².